The van der Waals surface area contributed by atoms with E-state index in [-0.39, 0.29) is 0 Å². The van der Waals surface area contributed by atoms with Gasteiger partial charge in [0.2, 0.25) is 0 Å². The molecule has 2 N–H and O–H groups in total. The monoisotopic (exact) mass is 317 g/mol. The third-order valence-corrected chi connectivity index (χ3v) is 4.74. The highest BCUT2D eigenvalue weighted by molar-refractivity contribution is 5.22. The van der Waals surface area contributed by atoms with Crippen molar-refractivity contribution in [2.45, 2.75) is 32.4 Å². The summed E-state index contributed by atoms with van der Waals surface area (Å²) in [6.07, 6.45) is 4.05. The summed E-state index contributed by atoms with van der Waals surface area (Å²) in [4.78, 5) is 2.49. The molecule has 23 heavy (non-hydrogen) atoms. The van der Waals surface area contributed by atoms with E-state index >= 15 is 0 Å². The second-order valence-corrected chi connectivity index (χ2v) is 6.88. The second-order valence-electron chi connectivity index (χ2n) is 6.88. The van der Waals surface area contributed by atoms with E-state index < -0.39 is 0 Å². The van der Waals surface area contributed by atoms with Crippen LogP contribution in [0.25, 0.3) is 0 Å². The zero-order valence-corrected chi connectivity index (χ0v) is 14.2. The highest BCUT2D eigenvalue weighted by Crippen LogP contribution is 2.27. The molecule has 0 bridgehead atoms. The standard InChI is InChI=1S/C19H31N3O/c1(9-22-10-12-23-13-11-22)8-20-14-17-2-4-18(5-3-17)15-21-16-19-6-7-19/h2-5,19-21H,1,6-16H2. The van der Waals surface area contributed by atoms with Crippen molar-refractivity contribution < 1.29 is 4.74 Å². The fourth-order valence-electron chi connectivity index (χ4n) is 3.00. The molecule has 0 amide bonds. The maximum absolute atomic E-state index is 5.37. The van der Waals surface area contributed by atoms with Gasteiger partial charge in [-0.05, 0) is 55.9 Å². The van der Waals surface area contributed by atoms with Crippen molar-refractivity contribution in [1.29, 1.82) is 0 Å². The van der Waals surface area contributed by atoms with Gasteiger partial charge in [-0.15, -0.1) is 0 Å². The molecule has 4 nitrogen and oxygen atoms in total. The highest BCUT2D eigenvalue weighted by atomic mass is 16.5. The van der Waals surface area contributed by atoms with E-state index in [0.717, 1.165) is 51.9 Å². The van der Waals surface area contributed by atoms with Crippen molar-refractivity contribution in [2.24, 2.45) is 5.92 Å². The van der Waals surface area contributed by atoms with Crippen molar-refractivity contribution in [1.82, 2.24) is 15.5 Å². The first-order chi connectivity index (χ1) is 11.4. The van der Waals surface area contributed by atoms with Gasteiger partial charge < -0.3 is 15.4 Å². The molecule has 1 aromatic rings. The molecule has 0 aromatic heterocycles. The number of benzene rings is 1. The maximum atomic E-state index is 5.37. The fourth-order valence-corrected chi connectivity index (χ4v) is 3.00. The molecule has 1 aliphatic heterocycles. The Hall–Kier alpha value is -0.940. The predicted octanol–water partition coefficient (Wildman–Crippen LogP) is 2.00. The van der Waals surface area contributed by atoms with Crippen LogP contribution >= 0.6 is 0 Å². The van der Waals surface area contributed by atoms with Gasteiger partial charge >= 0.3 is 0 Å². The summed E-state index contributed by atoms with van der Waals surface area (Å²) >= 11 is 0. The van der Waals surface area contributed by atoms with Crippen LogP contribution in [0.5, 0.6) is 0 Å². The summed E-state index contributed by atoms with van der Waals surface area (Å²) in [6.45, 7) is 9.41. The molecule has 1 aromatic carbocycles. The molecule has 1 saturated carbocycles. The molecule has 0 radical (unpaired) electrons. The first kappa shape index (κ1) is 16.9. The second kappa shape index (κ2) is 9.38. The Labute approximate surface area is 140 Å². The number of rotatable bonds is 10. The van der Waals surface area contributed by atoms with E-state index in [0.29, 0.717) is 0 Å². The van der Waals surface area contributed by atoms with Gasteiger partial charge in [-0.3, -0.25) is 4.90 Å². The zero-order chi connectivity index (χ0) is 15.7. The highest BCUT2D eigenvalue weighted by Gasteiger charge is 2.19. The van der Waals surface area contributed by atoms with Crippen LogP contribution in [0.2, 0.25) is 0 Å². The number of hydrogen-bond donors (Lipinski definition) is 2. The Morgan fingerprint density at radius 1 is 0.957 bits per heavy atom. The average Bonchev–Trinajstić information content (AvgIpc) is 3.41. The first-order valence-corrected chi connectivity index (χ1v) is 9.19. The van der Waals surface area contributed by atoms with Gasteiger partial charge in [-0.2, -0.15) is 0 Å². The van der Waals surface area contributed by atoms with Crippen LogP contribution in [0.1, 0.15) is 30.4 Å². The molecule has 0 atom stereocenters. The van der Waals surface area contributed by atoms with Gasteiger partial charge in [-0.1, -0.05) is 24.3 Å². The van der Waals surface area contributed by atoms with E-state index in [1.54, 1.807) is 0 Å². The smallest absolute Gasteiger partial charge is 0.0594 e. The van der Waals surface area contributed by atoms with Crippen LogP contribution in [-0.2, 0) is 17.8 Å². The van der Waals surface area contributed by atoms with Crippen molar-refractivity contribution in [3.05, 3.63) is 35.4 Å². The zero-order valence-electron chi connectivity index (χ0n) is 14.2. The van der Waals surface area contributed by atoms with Gasteiger partial charge in [0.15, 0.2) is 0 Å². The summed E-state index contributed by atoms with van der Waals surface area (Å²) in [5, 5.41) is 7.10. The minimum Gasteiger partial charge on any atom is -0.379 e. The summed E-state index contributed by atoms with van der Waals surface area (Å²) < 4.78 is 5.37. The number of hydrogen-bond acceptors (Lipinski definition) is 4. The molecular formula is C19H31N3O. The lowest BCUT2D eigenvalue weighted by molar-refractivity contribution is 0.0374. The van der Waals surface area contributed by atoms with Crippen LogP contribution in [0.4, 0.5) is 0 Å². The Balaban J connectivity index is 1.24. The van der Waals surface area contributed by atoms with Crippen molar-refractivity contribution >= 4 is 0 Å². The molecule has 1 aliphatic carbocycles. The summed E-state index contributed by atoms with van der Waals surface area (Å²) in [6, 6.07) is 9.02. The molecule has 2 aliphatic rings. The normalized spacial score (nSPS) is 19.1. The first-order valence-electron chi connectivity index (χ1n) is 9.19. The topological polar surface area (TPSA) is 36.5 Å². The van der Waals surface area contributed by atoms with E-state index in [4.69, 9.17) is 4.74 Å². The Morgan fingerprint density at radius 2 is 1.61 bits per heavy atom. The lowest BCUT2D eigenvalue weighted by Crippen LogP contribution is -2.37. The van der Waals surface area contributed by atoms with Crippen molar-refractivity contribution in [3.8, 4) is 0 Å². The minimum atomic E-state index is 0.898. The Bertz CT molecular complexity index is 438. The molecule has 128 valence electrons. The van der Waals surface area contributed by atoms with Gasteiger partial charge in [0, 0.05) is 26.2 Å². The molecule has 0 unspecified atom stereocenters. The summed E-state index contributed by atoms with van der Waals surface area (Å²) in [5.41, 5.74) is 2.77. The molecule has 0 spiro atoms. The molecule has 4 heteroatoms. The molecule has 1 saturated heterocycles. The van der Waals surface area contributed by atoms with Crippen LogP contribution in [-0.4, -0.2) is 50.8 Å². The van der Waals surface area contributed by atoms with Gasteiger partial charge in [-0.25, -0.2) is 0 Å². The average molecular weight is 317 g/mol. The SMILES string of the molecule is c1cc(CNCC2CC2)ccc1CNCCCN1CCOCC1. The lowest BCUT2D eigenvalue weighted by atomic mass is 10.1. The molecule has 1 heterocycles. The third kappa shape index (κ3) is 6.60. The van der Waals surface area contributed by atoms with Crippen LogP contribution in [0.15, 0.2) is 24.3 Å². The van der Waals surface area contributed by atoms with Crippen LogP contribution < -0.4 is 10.6 Å². The quantitative estimate of drug-likeness (QED) is 0.647. The number of nitrogens with one attached hydrogen (secondary N) is 2. The van der Waals surface area contributed by atoms with Crippen LogP contribution in [0, 0.1) is 5.92 Å². The number of nitrogens with zero attached hydrogens (tertiary/aromatic N) is 1. The van der Waals surface area contributed by atoms with Gasteiger partial charge in [0.25, 0.3) is 0 Å². The minimum absolute atomic E-state index is 0.898. The number of morpholine rings is 1. The van der Waals surface area contributed by atoms with E-state index in [9.17, 15) is 0 Å². The Morgan fingerprint density at radius 3 is 2.26 bits per heavy atom. The molecule has 2 fully saturated rings. The largest absolute Gasteiger partial charge is 0.379 e. The fraction of sp³-hybridized carbons (Fsp3) is 0.684. The van der Waals surface area contributed by atoms with Gasteiger partial charge in [0.05, 0.1) is 13.2 Å². The van der Waals surface area contributed by atoms with Crippen LogP contribution in [0.3, 0.4) is 0 Å². The predicted molar refractivity (Wildman–Crippen MR) is 94.5 cm³/mol. The Kier molecular flexibility index (Phi) is 6.89. The third-order valence-electron chi connectivity index (χ3n) is 4.74. The summed E-state index contributed by atoms with van der Waals surface area (Å²) in [5.74, 6) is 0.955. The molecule has 3 rings (SSSR count). The van der Waals surface area contributed by atoms with E-state index in [1.807, 2.05) is 0 Å². The van der Waals surface area contributed by atoms with Crippen molar-refractivity contribution in [2.75, 3.05) is 45.9 Å². The maximum Gasteiger partial charge on any atom is 0.0594 e. The van der Waals surface area contributed by atoms with E-state index in [1.165, 1.54) is 43.5 Å². The lowest BCUT2D eigenvalue weighted by Gasteiger charge is -2.26. The number of ether oxygens (including phenoxy) is 1. The summed E-state index contributed by atoms with van der Waals surface area (Å²) in [7, 11) is 0. The van der Waals surface area contributed by atoms with Crippen molar-refractivity contribution in [3.63, 3.8) is 0 Å². The molecular weight excluding hydrogens is 286 g/mol. The van der Waals surface area contributed by atoms with Gasteiger partial charge in [0.1, 0.15) is 0 Å². The van der Waals surface area contributed by atoms with E-state index in [2.05, 4.69) is 39.8 Å².